The Labute approximate surface area is 106 Å². The molecule has 0 aliphatic rings. The molecule has 1 aromatic heterocycles. The van der Waals surface area contributed by atoms with E-state index in [1.54, 1.807) is 12.1 Å². The number of aryl methyl sites for hydroxylation is 1. The predicted octanol–water partition coefficient (Wildman–Crippen LogP) is 2.04. The second kappa shape index (κ2) is 4.91. The number of nitrogens with one attached hydrogen (secondary N) is 2. The molecule has 94 valence electrons. The minimum Gasteiger partial charge on any atom is -0.377 e. The van der Waals surface area contributed by atoms with E-state index < -0.39 is 0 Å². The van der Waals surface area contributed by atoms with Gasteiger partial charge in [-0.25, -0.2) is 0 Å². The Morgan fingerprint density at radius 2 is 2.06 bits per heavy atom. The van der Waals surface area contributed by atoms with Crippen LogP contribution in [0.5, 0.6) is 0 Å². The zero-order chi connectivity index (χ0) is 13.1. The SMILES string of the molecule is Cc1cc(NC(=O)c2ccccc2N(C)C)n[nH]1. The van der Waals surface area contributed by atoms with Crippen molar-refractivity contribution in [3.8, 4) is 0 Å². The maximum atomic E-state index is 12.2. The molecule has 0 radical (unpaired) electrons. The molecular formula is C13H16N4O. The Bertz CT molecular complexity index is 560. The van der Waals surface area contributed by atoms with Crippen LogP contribution >= 0.6 is 0 Å². The van der Waals surface area contributed by atoms with Gasteiger partial charge in [-0.3, -0.25) is 9.89 Å². The maximum Gasteiger partial charge on any atom is 0.258 e. The van der Waals surface area contributed by atoms with E-state index in [4.69, 9.17) is 0 Å². The van der Waals surface area contributed by atoms with Crippen LogP contribution in [-0.4, -0.2) is 30.2 Å². The monoisotopic (exact) mass is 244 g/mol. The van der Waals surface area contributed by atoms with Crippen molar-refractivity contribution in [2.45, 2.75) is 6.92 Å². The van der Waals surface area contributed by atoms with Crippen molar-refractivity contribution < 1.29 is 4.79 Å². The summed E-state index contributed by atoms with van der Waals surface area (Å²) in [4.78, 5) is 14.1. The lowest BCUT2D eigenvalue weighted by Crippen LogP contribution is -2.18. The molecule has 0 aliphatic carbocycles. The molecule has 18 heavy (non-hydrogen) atoms. The first-order chi connectivity index (χ1) is 8.58. The molecule has 2 rings (SSSR count). The summed E-state index contributed by atoms with van der Waals surface area (Å²) in [5.41, 5.74) is 2.41. The fourth-order valence-electron chi connectivity index (χ4n) is 1.72. The Morgan fingerprint density at radius 3 is 2.67 bits per heavy atom. The van der Waals surface area contributed by atoms with E-state index in [0.29, 0.717) is 11.4 Å². The quantitative estimate of drug-likeness (QED) is 0.868. The van der Waals surface area contributed by atoms with E-state index in [2.05, 4.69) is 15.5 Å². The number of hydrogen-bond donors (Lipinski definition) is 2. The van der Waals surface area contributed by atoms with Crippen LogP contribution in [0.3, 0.4) is 0 Å². The zero-order valence-electron chi connectivity index (χ0n) is 10.7. The van der Waals surface area contributed by atoms with E-state index >= 15 is 0 Å². The Balaban J connectivity index is 2.24. The summed E-state index contributed by atoms with van der Waals surface area (Å²) in [5, 5.41) is 9.54. The Hall–Kier alpha value is -2.30. The predicted molar refractivity (Wildman–Crippen MR) is 72.0 cm³/mol. The highest BCUT2D eigenvalue weighted by molar-refractivity contribution is 6.07. The normalized spacial score (nSPS) is 10.2. The van der Waals surface area contributed by atoms with Crippen molar-refractivity contribution in [3.05, 3.63) is 41.6 Å². The first-order valence-corrected chi connectivity index (χ1v) is 5.67. The second-order valence-corrected chi connectivity index (χ2v) is 4.30. The topological polar surface area (TPSA) is 61.0 Å². The van der Waals surface area contributed by atoms with Crippen molar-refractivity contribution in [2.24, 2.45) is 0 Å². The molecule has 0 unspecified atom stereocenters. The molecule has 0 bridgehead atoms. The van der Waals surface area contributed by atoms with Crippen molar-refractivity contribution in [1.82, 2.24) is 10.2 Å². The number of nitrogens with zero attached hydrogens (tertiary/aromatic N) is 2. The van der Waals surface area contributed by atoms with Gasteiger partial charge >= 0.3 is 0 Å². The van der Waals surface area contributed by atoms with Crippen molar-refractivity contribution >= 4 is 17.4 Å². The van der Waals surface area contributed by atoms with Crippen molar-refractivity contribution in [1.29, 1.82) is 0 Å². The molecule has 5 nitrogen and oxygen atoms in total. The fraction of sp³-hybridized carbons (Fsp3) is 0.231. The van der Waals surface area contributed by atoms with Gasteiger partial charge in [-0.1, -0.05) is 12.1 Å². The zero-order valence-corrected chi connectivity index (χ0v) is 10.7. The summed E-state index contributed by atoms with van der Waals surface area (Å²) in [6, 6.07) is 9.24. The minimum absolute atomic E-state index is 0.161. The number of anilines is 2. The number of hydrogen-bond acceptors (Lipinski definition) is 3. The Morgan fingerprint density at radius 1 is 1.33 bits per heavy atom. The van der Waals surface area contributed by atoms with Gasteiger partial charge in [0, 0.05) is 31.5 Å². The molecule has 1 amide bonds. The third-order valence-electron chi connectivity index (χ3n) is 2.58. The largest absolute Gasteiger partial charge is 0.377 e. The van der Waals surface area contributed by atoms with Crippen LogP contribution in [0.2, 0.25) is 0 Å². The van der Waals surface area contributed by atoms with Gasteiger partial charge in [0.1, 0.15) is 0 Å². The molecule has 0 aliphatic heterocycles. The maximum absolute atomic E-state index is 12.2. The number of carbonyl (C=O) groups is 1. The number of carbonyl (C=O) groups excluding carboxylic acids is 1. The van der Waals surface area contributed by atoms with E-state index in [-0.39, 0.29) is 5.91 Å². The molecule has 0 spiro atoms. The third-order valence-corrected chi connectivity index (χ3v) is 2.58. The lowest BCUT2D eigenvalue weighted by Gasteiger charge is -2.16. The molecule has 5 heteroatoms. The van der Waals surface area contributed by atoms with E-state index in [0.717, 1.165) is 11.4 Å². The number of rotatable bonds is 3. The highest BCUT2D eigenvalue weighted by atomic mass is 16.1. The minimum atomic E-state index is -0.161. The summed E-state index contributed by atoms with van der Waals surface area (Å²) in [6.45, 7) is 1.89. The fourth-order valence-corrected chi connectivity index (χ4v) is 1.72. The molecule has 0 saturated carbocycles. The summed E-state index contributed by atoms with van der Waals surface area (Å²) in [6.07, 6.45) is 0. The number of H-pyrrole nitrogens is 1. The summed E-state index contributed by atoms with van der Waals surface area (Å²) >= 11 is 0. The smallest absolute Gasteiger partial charge is 0.258 e. The van der Waals surface area contributed by atoms with Gasteiger partial charge in [-0.05, 0) is 19.1 Å². The van der Waals surface area contributed by atoms with Gasteiger partial charge in [-0.15, -0.1) is 0 Å². The standard InChI is InChI=1S/C13H16N4O/c1-9-8-12(16-15-9)14-13(18)10-6-4-5-7-11(10)17(2)3/h4-8H,1-3H3,(H2,14,15,16,18). The average molecular weight is 244 g/mol. The molecule has 0 fully saturated rings. The second-order valence-electron chi connectivity index (χ2n) is 4.30. The van der Waals surface area contributed by atoms with Crippen LogP contribution in [-0.2, 0) is 0 Å². The lowest BCUT2D eigenvalue weighted by atomic mass is 10.1. The van der Waals surface area contributed by atoms with Crippen LogP contribution in [0.4, 0.5) is 11.5 Å². The molecule has 2 N–H and O–H groups in total. The average Bonchev–Trinajstić information content (AvgIpc) is 2.74. The summed E-state index contributed by atoms with van der Waals surface area (Å²) in [7, 11) is 3.82. The molecular weight excluding hydrogens is 228 g/mol. The molecule has 2 aromatic rings. The summed E-state index contributed by atoms with van der Waals surface area (Å²) < 4.78 is 0. The van der Waals surface area contributed by atoms with E-state index in [9.17, 15) is 4.79 Å². The van der Waals surface area contributed by atoms with Crippen LogP contribution in [0.15, 0.2) is 30.3 Å². The lowest BCUT2D eigenvalue weighted by molar-refractivity contribution is 0.102. The summed E-state index contributed by atoms with van der Waals surface area (Å²) in [5.74, 6) is 0.372. The first kappa shape index (κ1) is 12.2. The van der Waals surface area contributed by atoms with E-state index in [1.165, 1.54) is 0 Å². The highest BCUT2D eigenvalue weighted by Crippen LogP contribution is 2.19. The number of amides is 1. The first-order valence-electron chi connectivity index (χ1n) is 5.67. The Kier molecular flexibility index (Phi) is 3.32. The molecule has 0 atom stereocenters. The van der Waals surface area contributed by atoms with Gasteiger partial charge in [0.05, 0.1) is 5.56 Å². The highest BCUT2D eigenvalue weighted by Gasteiger charge is 2.13. The molecule has 0 saturated heterocycles. The number of aromatic nitrogens is 2. The van der Waals surface area contributed by atoms with E-state index in [1.807, 2.05) is 44.1 Å². The van der Waals surface area contributed by atoms with Gasteiger partial charge in [0.2, 0.25) is 0 Å². The van der Waals surface area contributed by atoms with Crippen LogP contribution < -0.4 is 10.2 Å². The van der Waals surface area contributed by atoms with Crippen LogP contribution in [0, 0.1) is 6.92 Å². The van der Waals surface area contributed by atoms with Crippen LogP contribution in [0.1, 0.15) is 16.1 Å². The van der Waals surface area contributed by atoms with Gasteiger partial charge in [0.25, 0.3) is 5.91 Å². The molecule has 1 heterocycles. The van der Waals surface area contributed by atoms with Gasteiger partial charge in [-0.2, -0.15) is 5.10 Å². The van der Waals surface area contributed by atoms with Crippen LogP contribution in [0.25, 0.3) is 0 Å². The van der Waals surface area contributed by atoms with Crippen molar-refractivity contribution in [3.63, 3.8) is 0 Å². The number of para-hydroxylation sites is 1. The third kappa shape index (κ3) is 2.51. The van der Waals surface area contributed by atoms with Crippen molar-refractivity contribution in [2.75, 3.05) is 24.3 Å². The number of benzene rings is 1. The molecule has 1 aromatic carbocycles. The van der Waals surface area contributed by atoms with Gasteiger partial charge in [0.15, 0.2) is 5.82 Å². The van der Waals surface area contributed by atoms with Gasteiger partial charge < -0.3 is 10.2 Å². The number of aromatic amines is 1.